The summed E-state index contributed by atoms with van der Waals surface area (Å²) in [5.41, 5.74) is 1.01. The van der Waals surface area contributed by atoms with Gasteiger partial charge >= 0.3 is 0 Å². The average molecular weight is 246 g/mol. The Morgan fingerprint density at radius 3 is 2.50 bits per heavy atom. The first kappa shape index (κ1) is 12.0. The summed E-state index contributed by atoms with van der Waals surface area (Å²) in [6, 6.07) is 8.18. The molecule has 1 heterocycles. The molecule has 0 radical (unpaired) electrons. The number of rotatable bonds is 2. The van der Waals surface area contributed by atoms with Crippen molar-refractivity contribution in [1.82, 2.24) is 4.98 Å². The summed E-state index contributed by atoms with van der Waals surface area (Å²) in [4.78, 5) is 25.6. The van der Waals surface area contributed by atoms with Crippen LogP contribution in [0.15, 0.2) is 41.2 Å². The zero-order chi connectivity index (χ0) is 13.1. The standard InChI is InChI=1S/C13H11FN2O2/c1-8-6-9(7-12(17)15-8)13(18)16-11-4-2-10(14)3-5-11/h2-7H,1H3,(H,15,17)(H,16,18). The van der Waals surface area contributed by atoms with Crippen LogP contribution in [0, 0.1) is 12.7 Å². The van der Waals surface area contributed by atoms with Crippen LogP contribution in [0.2, 0.25) is 0 Å². The highest BCUT2D eigenvalue weighted by atomic mass is 19.1. The van der Waals surface area contributed by atoms with E-state index in [0.717, 1.165) is 0 Å². The van der Waals surface area contributed by atoms with Crippen LogP contribution in [0.4, 0.5) is 10.1 Å². The first-order chi connectivity index (χ1) is 8.54. The molecular weight excluding hydrogens is 235 g/mol. The molecule has 0 aliphatic heterocycles. The van der Waals surface area contributed by atoms with E-state index in [1.54, 1.807) is 13.0 Å². The summed E-state index contributed by atoms with van der Waals surface area (Å²) in [5.74, 6) is -0.782. The maximum absolute atomic E-state index is 12.7. The van der Waals surface area contributed by atoms with E-state index in [9.17, 15) is 14.0 Å². The predicted molar refractivity (Wildman–Crippen MR) is 66.2 cm³/mol. The first-order valence-electron chi connectivity index (χ1n) is 5.32. The fourth-order valence-electron chi connectivity index (χ4n) is 1.55. The van der Waals surface area contributed by atoms with Gasteiger partial charge in [0.15, 0.2) is 0 Å². The van der Waals surface area contributed by atoms with Crippen LogP contribution < -0.4 is 10.9 Å². The maximum Gasteiger partial charge on any atom is 0.255 e. The van der Waals surface area contributed by atoms with Gasteiger partial charge in [0.1, 0.15) is 5.82 Å². The van der Waals surface area contributed by atoms with Gasteiger partial charge in [0.05, 0.1) is 0 Å². The number of amides is 1. The summed E-state index contributed by atoms with van der Waals surface area (Å²) in [6.45, 7) is 1.69. The Kier molecular flexibility index (Phi) is 3.23. The molecule has 1 aromatic carbocycles. The van der Waals surface area contributed by atoms with Crippen LogP contribution in [-0.2, 0) is 0 Å². The summed E-state index contributed by atoms with van der Waals surface area (Å²) in [5, 5.41) is 2.58. The SMILES string of the molecule is Cc1cc(C(=O)Nc2ccc(F)cc2)cc(=O)[nH]1. The first-order valence-corrected chi connectivity index (χ1v) is 5.32. The van der Waals surface area contributed by atoms with Gasteiger partial charge in [-0.25, -0.2) is 4.39 Å². The van der Waals surface area contributed by atoms with Crippen molar-refractivity contribution in [2.45, 2.75) is 6.92 Å². The lowest BCUT2D eigenvalue weighted by atomic mass is 10.2. The van der Waals surface area contributed by atoms with Crippen LogP contribution in [0.25, 0.3) is 0 Å². The minimum Gasteiger partial charge on any atom is -0.326 e. The molecule has 0 atom stereocenters. The molecule has 2 N–H and O–H groups in total. The molecule has 4 nitrogen and oxygen atoms in total. The smallest absolute Gasteiger partial charge is 0.255 e. The molecule has 2 rings (SSSR count). The zero-order valence-electron chi connectivity index (χ0n) is 9.66. The Labute approximate surface area is 102 Å². The number of hydrogen-bond donors (Lipinski definition) is 2. The molecule has 0 spiro atoms. The van der Waals surface area contributed by atoms with Crippen LogP contribution in [-0.4, -0.2) is 10.9 Å². The van der Waals surface area contributed by atoms with Crippen LogP contribution in [0.1, 0.15) is 16.1 Å². The van der Waals surface area contributed by atoms with E-state index >= 15 is 0 Å². The molecular formula is C13H11FN2O2. The van der Waals surface area contributed by atoms with Gasteiger partial charge in [0.25, 0.3) is 5.91 Å². The third kappa shape index (κ3) is 2.82. The lowest BCUT2D eigenvalue weighted by Gasteiger charge is -2.05. The van der Waals surface area contributed by atoms with Gasteiger partial charge < -0.3 is 10.3 Å². The van der Waals surface area contributed by atoms with E-state index < -0.39 is 5.91 Å². The number of nitrogens with one attached hydrogen (secondary N) is 2. The summed E-state index contributed by atoms with van der Waals surface area (Å²) in [7, 11) is 0. The molecule has 0 fully saturated rings. The Bertz CT molecular complexity index is 632. The number of aromatic amines is 1. The second-order valence-corrected chi connectivity index (χ2v) is 3.88. The van der Waals surface area contributed by atoms with Crippen molar-refractivity contribution in [2.75, 3.05) is 5.32 Å². The largest absolute Gasteiger partial charge is 0.326 e. The fourth-order valence-corrected chi connectivity index (χ4v) is 1.55. The number of halogens is 1. The molecule has 0 bridgehead atoms. The molecule has 1 aromatic heterocycles. The van der Waals surface area contributed by atoms with Crippen molar-refractivity contribution in [1.29, 1.82) is 0 Å². The summed E-state index contributed by atoms with van der Waals surface area (Å²) in [6.07, 6.45) is 0. The topological polar surface area (TPSA) is 62.0 Å². The second kappa shape index (κ2) is 4.83. The minimum atomic E-state index is -0.407. The fraction of sp³-hybridized carbons (Fsp3) is 0.0769. The lowest BCUT2D eigenvalue weighted by Crippen LogP contribution is -2.16. The molecule has 0 unspecified atom stereocenters. The Morgan fingerprint density at radius 1 is 1.22 bits per heavy atom. The van der Waals surface area contributed by atoms with Gasteiger partial charge in [0.2, 0.25) is 5.56 Å². The lowest BCUT2D eigenvalue weighted by molar-refractivity contribution is 0.102. The number of aromatic nitrogens is 1. The molecule has 0 aliphatic rings. The van der Waals surface area contributed by atoms with Gasteiger partial charge in [-0.2, -0.15) is 0 Å². The molecule has 1 amide bonds. The molecule has 0 saturated carbocycles. The Hall–Kier alpha value is -2.43. The molecule has 0 saturated heterocycles. The number of anilines is 1. The van der Waals surface area contributed by atoms with Crippen LogP contribution in [0.5, 0.6) is 0 Å². The highest BCUT2D eigenvalue weighted by Gasteiger charge is 2.07. The highest BCUT2D eigenvalue weighted by molar-refractivity contribution is 6.04. The maximum atomic E-state index is 12.7. The van der Waals surface area contributed by atoms with Gasteiger partial charge in [-0.3, -0.25) is 9.59 Å². The quantitative estimate of drug-likeness (QED) is 0.852. The summed E-state index contributed by atoms with van der Waals surface area (Å²) < 4.78 is 12.7. The molecule has 18 heavy (non-hydrogen) atoms. The van der Waals surface area contributed by atoms with Gasteiger partial charge in [-0.05, 0) is 37.3 Å². The van der Waals surface area contributed by atoms with Crippen LogP contribution in [0.3, 0.4) is 0 Å². The number of aryl methyl sites for hydroxylation is 1. The van der Waals surface area contributed by atoms with Gasteiger partial charge in [0, 0.05) is 23.0 Å². The number of benzene rings is 1. The average Bonchev–Trinajstić information content (AvgIpc) is 2.31. The third-order valence-corrected chi connectivity index (χ3v) is 2.34. The number of carbonyl (C=O) groups is 1. The Morgan fingerprint density at radius 2 is 1.89 bits per heavy atom. The van der Waals surface area contributed by atoms with Crippen molar-refractivity contribution < 1.29 is 9.18 Å². The summed E-state index contributed by atoms with van der Waals surface area (Å²) >= 11 is 0. The highest BCUT2D eigenvalue weighted by Crippen LogP contribution is 2.10. The van der Waals surface area contributed by atoms with Crippen molar-refractivity contribution in [3.05, 3.63) is 63.8 Å². The zero-order valence-corrected chi connectivity index (χ0v) is 9.66. The number of H-pyrrole nitrogens is 1. The van der Waals surface area contributed by atoms with E-state index in [-0.39, 0.29) is 16.9 Å². The van der Waals surface area contributed by atoms with Gasteiger partial charge in [-0.15, -0.1) is 0 Å². The minimum absolute atomic E-state index is 0.264. The number of carbonyl (C=O) groups excluding carboxylic acids is 1. The van der Waals surface area contributed by atoms with Gasteiger partial charge in [-0.1, -0.05) is 0 Å². The van der Waals surface area contributed by atoms with Crippen molar-refractivity contribution in [3.63, 3.8) is 0 Å². The van der Waals surface area contributed by atoms with E-state index in [1.165, 1.54) is 30.3 Å². The normalized spacial score (nSPS) is 10.1. The monoisotopic (exact) mass is 246 g/mol. The second-order valence-electron chi connectivity index (χ2n) is 3.88. The molecule has 5 heteroatoms. The number of hydrogen-bond acceptors (Lipinski definition) is 2. The van der Waals surface area contributed by atoms with E-state index in [2.05, 4.69) is 10.3 Å². The molecule has 0 aliphatic carbocycles. The molecule has 2 aromatic rings. The van der Waals surface area contributed by atoms with Crippen LogP contribution >= 0.6 is 0 Å². The molecule has 92 valence electrons. The number of pyridine rings is 1. The van der Waals surface area contributed by atoms with E-state index in [1.807, 2.05) is 0 Å². The third-order valence-electron chi connectivity index (χ3n) is 2.34. The van der Waals surface area contributed by atoms with E-state index in [0.29, 0.717) is 11.4 Å². The Balaban J connectivity index is 2.21. The van der Waals surface area contributed by atoms with Crippen molar-refractivity contribution in [2.24, 2.45) is 0 Å². The van der Waals surface area contributed by atoms with Crippen molar-refractivity contribution in [3.8, 4) is 0 Å². The predicted octanol–water partition coefficient (Wildman–Crippen LogP) is 2.07. The van der Waals surface area contributed by atoms with E-state index in [4.69, 9.17) is 0 Å². The van der Waals surface area contributed by atoms with Crippen molar-refractivity contribution >= 4 is 11.6 Å².